The zero-order valence-corrected chi connectivity index (χ0v) is 31.3. The first-order valence-electron chi connectivity index (χ1n) is 16.6. The lowest BCUT2D eigenvalue weighted by Crippen LogP contribution is -2.74. The summed E-state index contributed by atoms with van der Waals surface area (Å²) in [6, 6.07) is 29.5. The molecule has 2 amide bonds. The number of aliphatic carboxylic acids is 1. The summed E-state index contributed by atoms with van der Waals surface area (Å²) in [6.07, 6.45) is 1.82. The lowest BCUT2D eigenvalue weighted by Gasteiger charge is -2.49. The number of halogens is 1. The van der Waals surface area contributed by atoms with Gasteiger partial charge in [0.2, 0.25) is 12.0 Å². The molecule has 3 atom stereocenters. The van der Waals surface area contributed by atoms with Crippen molar-refractivity contribution in [2.45, 2.75) is 21.9 Å². The van der Waals surface area contributed by atoms with E-state index in [4.69, 9.17) is 9.82 Å². The van der Waals surface area contributed by atoms with Crippen molar-refractivity contribution in [1.82, 2.24) is 15.2 Å². The van der Waals surface area contributed by atoms with Crippen molar-refractivity contribution in [3.8, 4) is 0 Å². The van der Waals surface area contributed by atoms with Gasteiger partial charge < -0.3 is 25.8 Å². The molecule has 2 aliphatic rings. The topological polar surface area (TPSA) is 177 Å². The summed E-state index contributed by atoms with van der Waals surface area (Å²) in [5, 5.41) is 32.4. The van der Waals surface area contributed by atoms with Crippen molar-refractivity contribution < 1.29 is 37.7 Å². The minimum absolute atomic E-state index is 0.0774. The molecule has 5 aromatic rings. The highest BCUT2D eigenvalue weighted by Gasteiger charge is 2.57. The number of amides is 2. The van der Waals surface area contributed by atoms with Crippen LogP contribution in [-0.2, 0) is 35.6 Å². The molecule has 3 N–H and O–H groups in total. The van der Waals surface area contributed by atoms with E-state index in [1.807, 2.05) is 91.0 Å². The quantitative estimate of drug-likeness (QED) is 0.0298. The molecule has 0 spiro atoms. The van der Waals surface area contributed by atoms with Crippen molar-refractivity contribution in [2.24, 2.45) is 5.16 Å². The second-order valence-corrected chi connectivity index (χ2v) is 15.7. The molecule has 1 saturated heterocycles. The molecule has 3 aromatic carbocycles. The molecule has 0 radical (unpaired) electrons. The Hall–Kier alpha value is -5.91. The molecule has 2 aliphatic heterocycles. The highest BCUT2D eigenvalue weighted by atomic mass is 32.2. The van der Waals surface area contributed by atoms with Crippen LogP contribution in [0.2, 0.25) is 0 Å². The van der Waals surface area contributed by atoms with Crippen molar-refractivity contribution >= 4 is 62.5 Å². The Balaban J connectivity index is 1.14. The van der Waals surface area contributed by atoms with Crippen molar-refractivity contribution in [3.63, 3.8) is 0 Å². The average Bonchev–Trinajstić information content (AvgIpc) is 3.66. The van der Waals surface area contributed by atoms with Crippen LogP contribution in [0.4, 0.5) is 9.52 Å². The standard InChI is InChI=1S/C38H31FN6O7S3/c1-52-43-30(28-21-54-37(40-28)42-38(24-11-5-2-6-12-24,25-13-7-3-8-14-25)26-15-9-4-10-16-26)33(46)41-31-34(47)45-32(36(48)49)23(22-55(51)35(31)45)20-53-29-17-18-44(50)19-27(29)39/h2-19,21,31,35H,20,22H2,1H3,(H,40,42)(H,41,46)(H,48,49)/b43-30-/t31-,35-,55?/m1/s1. The average molecular weight is 799 g/mol. The van der Waals surface area contributed by atoms with Gasteiger partial charge in [-0.15, -0.1) is 23.1 Å². The van der Waals surface area contributed by atoms with E-state index in [2.05, 4.69) is 15.8 Å². The van der Waals surface area contributed by atoms with E-state index in [-0.39, 0.29) is 43.8 Å². The molecule has 2 aromatic heterocycles. The van der Waals surface area contributed by atoms with Crippen LogP contribution >= 0.6 is 23.1 Å². The molecular formula is C38H31FN6O7S3. The van der Waals surface area contributed by atoms with E-state index >= 15 is 0 Å². The third kappa shape index (κ3) is 7.20. The number of hydrogen-bond donors (Lipinski definition) is 3. The highest BCUT2D eigenvalue weighted by molar-refractivity contribution is 7.99. The molecule has 1 fully saturated rings. The summed E-state index contributed by atoms with van der Waals surface area (Å²) in [4.78, 5) is 50.3. The van der Waals surface area contributed by atoms with Crippen molar-refractivity contribution in [2.75, 3.05) is 23.9 Å². The van der Waals surface area contributed by atoms with Crippen LogP contribution in [0.1, 0.15) is 22.4 Å². The Kier molecular flexibility index (Phi) is 10.8. The number of nitrogens with one attached hydrogen (secondary N) is 2. The summed E-state index contributed by atoms with van der Waals surface area (Å²) in [5.74, 6) is -4.24. The number of pyridine rings is 1. The predicted octanol–water partition coefficient (Wildman–Crippen LogP) is 4.22. The van der Waals surface area contributed by atoms with Crippen LogP contribution in [0.15, 0.2) is 136 Å². The summed E-state index contributed by atoms with van der Waals surface area (Å²) < 4.78 is 28.1. The van der Waals surface area contributed by atoms with Gasteiger partial charge in [0, 0.05) is 17.2 Å². The maximum Gasteiger partial charge on any atom is 0.352 e. The van der Waals surface area contributed by atoms with Crippen LogP contribution in [-0.4, -0.2) is 72.7 Å². The number of β-lactam (4-membered cyclic amide) rings is 1. The van der Waals surface area contributed by atoms with E-state index in [1.54, 1.807) is 5.38 Å². The molecule has 0 saturated carbocycles. The van der Waals surface area contributed by atoms with Gasteiger partial charge in [0.05, 0.1) is 21.4 Å². The number of carbonyl (C=O) groups excluding carboxylic acids is 2. The minimum Gasteiger partial charge on any atom is -0.619 e. The van der Waals surface area contributed by atoms with Gasteiger partial charge in [0.15, 0.2) is 17.0 Å². The molecule has 0 bridgehead atoms. The minimum atomic E-state index is -1.84. The Morgan fingerprint density at radius 3 is 2.22 bits per heavy atom. The lowest BCUT2D eigenvalue weighted by molar-refractivity contribution is -0.607. The van der Waals surface area contributed by atoms with E-state index in [0.29, 0.717) is 5.13 Å². The smallest absolute Gasteiger partial charge is 0.352 e. The Morgan fingerprint density at radius 1 is 1.07 bits per heavy atom. The zero-order valence-electron chi connectivity index (χ0n) is 28.8. The zero-order chi connectivity index (χ0) is 38.7. The van der Waals surface area contributed by atoms with Gasteiger partial charge >= 0.3 is 5.97 Å². The number of carboxylic acids is 1. The lowest BCUT2D eigenvalue weighted by atomic mass is 9.77. The number of thioether (sulfide) groups is 1. The molecule has 4 heterocycles. The van der Waals surface area contributed by atoms with Gasteiger partial charge in [-0.3, -0.25) is 18.7 Å². The van der Waals surface area contributed by atoms with E-state index in [0.717, 1.165) is 45.7 Å². The van der Waals surface area contributed by atoms with Gasteiger partial charge in [-0.25, -0.2) is 9.78 Å². The summed E-state index contributed by atoms with van der Waals surface area (Å²) in [5.41, 5.74) is 1.51. The third-order valence-electron chi connectivity index (χ3n) is 9.00. The first-order chi connectivity index (χ1) is 26.6. The van der Waals surface area contributed by atoms with E-state index in [1.165, 1.54) is 24.5 Å². The fourth-order valence-electron chi connectivity index (χ4n) is 6.57. The summed E-state index contributed by atoms with van der Waals surface area (Å²) >= 11 is 2.12. The first-order valence-corrected chi connectivity index (χ1v) is 19.9. The number of benzene rings is 3. The summed E-state index contributed by atoms with van der Waals surface area (Å²) in [6.45, 7) is 0. The van der Waals surface area contributed by atoms with Crippen LogP contribution in [0.25, 0.3) is 0 Å². The number of carboxylic acid groups (broad SMARTS) is 1. The Labute approximate surface area is 324 Å². The maximum atomic E-state index is 14.3. The number of rotatable bonds is 13. The SMILES string of the molecule is CO/N=C(\C(=O)N[C@@H]1C(=O)N2C(C(=O)O)=C(CSc3cc[n+]([O-])cc3F)CS(=O)[C@H]12)c1csc(NC(c2ccccc2)(c2ccccc2)c2ccccc2)n1. The largest absolute Gasteiger partial charge is 0.619 e. The Morgan fingerprint density at radius 2 is 1.67 bits per heavy atom. The van der Waals surface area contributed by atoms with E-state index < -0.39 is 51.4 Å². The number of aromatic nitrogens is 2. The number of carbonyl (C=O) groups is 3. The number of oxime groups is 1. The fourth-order valence-corrected chi connectivity index (χ4v) is 10.1. The van der Waals surface area contributed by atoms with Gasteiger partial charge in [0.1, 0.15) is 35.5 Å². The molecule has 1 unspecified atom stereocenters. The highest BCUT2D eigenvalue weighted by Crippen LogP contribution is 2.41. The monoisotopic (exact) mass is 798 g/mol. The van der Waals surface area contributed by atoms with Gasteiger partial charge in [-0.2, -0.15) is 9.12 Å². The third-order valence-corrected chi connectivity index (χ3v) is 12.6. The first kappa shape index (κ1) is 37.4. The molecule has 13 nitrogen and oxygen atoms in total. The van der Waals surface area contributed by atoms with Gasteiger partial charge in [-0.05, 0) is 22.3 Å². The molecule has 7 rings (SSSR count). The van der Waals surface area contributed by atoms with Gasteiger partial charge in [0.25, 0.3) is 11.8 Å². The molecule has 280 valence electrons. The number of thiazole rings is 1. The predicted molar refractivity (Wildman–Crippen MR) is 205 cm³/mol. The number of anilines is 1. The van der Waals surface area contributed by atoms with Crippen molar-refractivity contribution in [1.29, 1.82) is 0 Å². The molecule has 55 heavy (non-hydrogen) atoms. The second-order valence-electron chi connectivity index (χ2n) is 12.3. The van der Waals surface area contributed by atoms with Crippen LogP contribution in [0.3, 0.4) is 0 Å². The fraction of sp³-hybridized carbons (Fsp3) is 0.158. The maximum absolute atomic E-state index is 14.3. The van der Waals surface area contributed by atoms with Crippen molar-refractivity contribution in [3.05, 3.63) is 160 Å². The van der Waals surface area contributed by atoms with Crippen LogP contribution in [0, 0.1) is 11.0 Å². The Bertz CT molecular complexity index is 2250. The normalized spacial score (nSPS) is 18.3. The molecule has 0 aliphatic carbocycles. The van der Waals surface area contributed by atoms with E-state index in [9.17, 15) is 33.3 Å². The second kappa shape index (κ2) is 15.8. The van der Waals surface area contributed by atoms with Crippen LogP contribution < -0.4 is 15.4 Å². The summed E-state index contributed by atoms with van der Waals surface area (Å²) in [7, 11) is -0.590. The number of hydrogen-bond acceptors (Lipinski definition) is 11. The molecule has 17 heteroatoms. The number of nitrogens with zero attached hydrogens (tertiary/aromatic N) is 4. The number of fused-ring (bicyclic) bond motifs is 1. The van der Waals surface area contributed by atoms with Gasteiger partial charge in [-0.1, -0.05) is 96.2 Å². The molecular weight excluding hydrogens is 768 g/mol. The van der Waals surface area contributed by atoms with Crippen LogP contribution in [0.5, 0.6) is 0 Å².